The van der Waals surface area contributed by atoms with E-state index in [1.54, 1.807) is 0 Å². The molecule has 20 heavy (non-hydrogen) atoms. The largest absolute Gasteiger partial charge is 0.397 e. The lowest BCUT2D eigenvalue weighted by molar-refractivity contribution is -0.384. The Balaban J connectivity index is 2.23. The van der Waals surface area contributed by atoms with Crippen LogP contribution in [0.2, 0.25) is 0 Å². The third-order valence-corrected chi connectivity index (χ3v) is 3.80. The third kappa shape index (κ3) is 2.89. The summed E-state index contributed by atoms with van der Waals surface area (Å²) in [4.78, 5) is 13.3. The zero-order chi connectivity index (χ0) is 14.8. The van der Waals surface area contributed by atoms with E-state index >= 15 is 0 Å². The average Bonchev–Trinajstić information content (AvgIpc) is 2.89. The van der Waals surface area contributed by atoms with Gasteiger partial charge in [0.25, 0.3) is 5.69 Å². The van der Waals surface area contributed by atoms with Gasteiger partial charge >= 0.3 is 0 Å². The molecular formula is C9H9N5O5S. The van der Waals surface area contributed by atoms with Crippen molar-refractivity contribution >= 4 is 21.4 Å². The average molecular weight is 299 g/mol. The summed E-state index contributed by atoms with van der Waals surface area (Å²) in [6.45, 7) is -0.185. The molecule has 0 saturated carbocycles. The second kappa shape index (κ2) is 5.22. The predicted octanol–water partition coefficient (Wildman–Crippen LogP) is 0.0385. The van der Waals surface area contributed by atoms with E-state index in [4.69, 9.17) is 5.73 Å². The SMILES string of the molecule is Nc1cc([N+](=O)[O-])ccc1S(=O)(=O)NCc1ncon1. The van der Waals surface area contributed by atoms with Gasteiger partial charge in [0, 0.05) is 12.1 Å². The molecule has 0 aliphatic carbocycles. The van der Waals surface area contributed by atoms with Gasteiger partial charge in [0.05, 0.1) is 17.2 Å². The second-order valence-electron chi connectivity index (χ2n) is 3.65. The maximum Gasteiger partial charge on any atom is 0.271 e. The van der Waals surface area contributed by atoms with E-state index in [1.807, 2.05) is 0 Å². The number of nitro groups is 1. The van der Waals surface area contributed by atoms with Gasteiger partial charge in [0.15, 0.2) is 5.82 Å². The first-order valence-corrected chi connectivity index (χ1v) is 6.67. The number of hydrogen-bond donors (Lipinski definition) is 2. The third-order valence-electron chi connectivity index (χ3n) is 2.32. The molecular weight excluding hydrogens is 290 g/mol. The second-order valence-corrected chi connectivity index (χ2v) is 5.39. The molecule has 2 rings (SSSR count). The molecule has 0 bridgehead atoms. The van der Waals surface area contributed by atoms with Gasteiger partial charge in [-0.2, -0.15) is 4.98 Å². The topological polar surface area (TPSA) is 154 Å². The van der Waals surface area contributed by atoms with Crippen molar-refractivity contribution in [3.05, 3.63) is 40.5 Å². The van der Waals surface area contributed by atoms with E-state index in [-0.39, 0.29) is 28.6 Å². The molecule has 10 nitrogen and oxygen atoms in total. The number of nitrogens with two attached hydrogens (primary N) is 1. The van der Waals surface area contributed by atoms with Crippen LogP contribution < -0.4 is 10.5 Å². The summed E-state index contributed by atoms with van der Waals surface area (Å²) >= 11 is 0. The first kappa shape index (κ1) is 13.9. The lowest BCUT2D eigenvalue weighted by Crippen LogP contribution is -2.24. The molecule has 2 aromatic rings. The van der Waals surface area contributed by atoms with Crippen LogP contribution in [0.5, 0.6) is 0 Å². The van der Waals surface area contributed by atoms with Crippen LogP contribution in [0.3, 0.4) is 0 Å². The number of benzene rings is 1. The highest BCUT2D eigenvalue weighted by Gasteiger charge is 2.20. The summed E-state index contributed by atoms with van der Waals surface area (Å²) < 4.78 is 30.6. The molecule has 0 spiro atoms. The van der Waals surface area contributed by atoms with Crippen LogP contribution >= 0.6 is 0 Å². The van der Waals surface area contributed by atoms with E-state index in [1.165, 1.54) is 0 Å². The fourth-order valence-electron chi connectivity index (χ4n) is 1.40. The number of non-ortho nitro benzene ring substituents is 1. The van der Waals surface area contributed by atoms with E-state index in [0.29, 0.717) is 0 Å². The molecule has 0 fully saturated rings. The summed E-state index contributed by atoms with van der Waals surface area (Å²) in [6, 6.07) is 3.09. The van der Waals surface area contributed by atoms with Gasteiger partial charge < -0.3 is 10.3 Å². The van der Waals surface area contributed by atoms with E-state index in [9.17, 15) is 18.5 Å². The molecule has 3 N–H and O–H groups in total. The standard InChI is InChI=1S/C9H9N5O5S/c10-7-3-6(14(15)16)1-2-8(7)20(17,18)12-4-9-11-5-19-13-9/h1-3,5,12H,4,10H2. The highest BCUT2D eigenvalue weighted by atomic mass is 32.2. The molecule has 0 radical (unpaired) electrons. The molecule has 1 heterocycles. The Morgan fingerprint density at radius 1 is 1.45 bits per heavy atom. The summed E-state index contributed by atoms with van der Waals surface area (Å²) in [5.74, 6) is 0.147. The molecule has 0 aliphatic heterocycles. The maximum atomic E-state index is 12.0. The van der Waals surface area contributed by atoms with Gasteiger partial charge in [-0.3, -0.25) is 10.1 Å². The van der Waals surface area contributed by atoms with Crippen molar-refractivity contribution in [2.45, 2.75) is 11.4 Å². The number of nitrogens with one attached hydrogen (secondary N) is 1. The molecule has 0 unspecified atom stereocenters. The van der Waals surface area contributed by atoms with Crippen molar-refractivity contribution in [2.24, 2.45) is 0 Å². The smallest absolute Gasteiger partial charge is 0.271 e. The van der Waals surface area contributed by atoms with E-state index in [2.05, 4.69) is 19.4 Å². The number of nitrogen functional groups attached to an aromatic ring is 1. The zero-order valence-corrected chi connectivity index (χ0v) is 10.7. The van der Waals surface area contributed by atoms with Crippen LogP contribution in [0.15, 0.2) is 34.0 Å². The molecule has 11 heteroatoms. The van der Waals surface area contributed by atoms with Crippen molar-refractivity contribution in [3.8, 4) is 0 Å². The molecule has 1 aromatic heterocycles. The molecule has 106 valence electrons. The van der Waals surface area contributed by atoms with Gasteiger partial charge in [-0.1, -0.05) is 5.16 Å². The number of aromatic nitrogens is 2. The van der Waals surface area contributed by atoms with Gasteiger partial charge in [-0.05, 0) is 6.07 Å². The number of nitro benzene ring substituents is 1. The lowest BCUT2D eigenvalue weighted by Gasteiger charge is -2.07. The number of rotatable bonds is 5. The molecule has 0 aliphatic rings. The van der Waals surface area contributed by atoms with Crippen LogP contribution in [0.25, 0.3) is 0 Å². The Labute approximate surface area is 112 Å². The Morgan fingerprint density at radius 2 is 2.20 bits per heavy atom. The van der Waals surface area contributed by atoms with Gasteiger partial charge in [0.1, 0.15) is 4.90 Å². The van der Waals surface area contributed by atoms with Crippen molar-refractivity contribution < 1.29 is 17.9 Å². The van der Waals surface area contributed by atoms with Crippen LogP contribution in [0, 0.1) is 10.1 Å². The normalized spacial score (nSPS) is 11.4. The minimum absolute atomic E-state index is 0.147. The molecule has 0 saturated heterocycles. The first-order chi connectivity index (χ1) is 9.40. The van der Waals surface area contributed by atoms with Crippen LogP contribution in [-0.4, -0.2) is 23.5 Å². The van der Waals surface area contributed by atoms with Gasteiger partial charge in [0.2, 0.25) is 16.4 Å². The van der Waals surface area contributed by atoms with Gasteiger partial charge in [-0.15, -0.1) is 0 Å². The fraction of sp³-hybridized carbons (Fsp3) is 0.111. The Hall–Kier alpha value is -2.53. The number of hydrogen-bond acceptors (Lipinski definition) is 8. The number of nitrogens with zero attached hydrogens (tertiary/aromatic N) is 3. The minimum atomic E-state index is -3.93. The van der Waals surface area contributed by atoms with E-state index < -0.39 is 14.9 Å². The van der Waals surface area contributed by atoms with Crippen molar-refractivity contribution in [1.29, 1.82) is 0 Å². The first-order valence-electron chi connectivity index (χ1n) is 5.19. The van der Waals surface area contributed by atoms with Crippen LogP contribution in [-0.2, 0) is 16.6 Å². The summed E-state index contributed by atoms with van der Waals surface area (Å²) in [7, 11) is -3.93. The number of sulfonamides is 1. The van der Waals surface area contributed by atoms with Crippen molar-refractivity contribution in [3.63, 3.8) is 0 Å². The maximum absolute atomic E-state index is 12.0. The van der Waals surface area contributed by atoms with Crippen molar-refractivity contribution in [2.75, 3.05) is 5.73 Å². The summed E-state index contributed by atoms with van der Waals surface area (Å²) in [6.07, 6.45) is 1.06. The van der Waals surface area contributed by atoms with E-state index in [0.717, 1.165) is 24.6 Å². The Bertz CT molecular complexity index is 727. The van der Waals surface area contributed by atoms with Crippen LogP contribution in [0.1, 0.15) is 5.82 Å². The predicted molar refractivity (Wildman–Crippen MR) is 65.8 cm³/mol. The quantitative estimate of drug-likeness (QED) is 0.445. The summed E-state index contributed by atoms with van der Waals surface area (Å²) in [5.41, 5.74) is 5.01. The molecule has 0 amide bonds. The van der Waals surface area contributed by atoms with Crippen molar-refractivity contribution in [1.82, 2.24) is 14.9 Å². The monoisotopic (exact) mass is 299 g/mol. The Kier molecular flexibility index (Phi) is 3.63. The fourth-order valence-corrected chi connectivity index (χ4v) is 2.49. The highest BCUT2D eigenvalue weighted by Crippen LogP contribution is 2.23. The Morgan fingerprint density at radius 3 is 2.75 bits per heavy atom. The highest BCUT2D eigenvalue weighted by molar-refractivity contribution is 7.89. The zero-order valence-electron chi connectivity index (χ0n) is 9.88. The minimum Gasteiger partial charge on any atom is -0.397 e. The van der Waals surface area contributed by atoms with Crippen LogP contribution in [0.4, 0.5) is 11.4 Å². The summed E-state index contributed by atoms with van der Waals surface area (Å²) in [5, 5.41) is 14.0. The molecule has 0 atom stereocenters. The van der Waals surface area contributed by atoms with Gasteiger partial charge in [-0.25, -0.2) is 13.1 Å². The lowest BCUT2D eigenvalue weighted by atomic mass is 10.3. The molecule has 1 aromatic carbocycles. The number of anilines is 1.